The molecule has 2 aliphatic heterocycles. The molecule has 7 nitrogen and oxygen atoms in total. The smallest absolute Gasteiger partial charge is 0.239 e. The zero-order valence-electron chi connectivity index (χ0n) is 18.8. The van der Waals surface area contributed by atoms with E-state index in [1.54, 1.807) is 7.11 Å². The van der Waals surface area contributed by atoms with Gasteiger partial charge in [0.25, 0.3) is 0 Å². The molecule has 1 amide bonds. The van der Waals surface area contributed by atoms with Gasteiger partial charge in [-0.15, -0.1) is 0 Å². The molecule has 0 saturated carbocycles. The summed E-state index contributed by atoms with van der Waals surface area (Å²) in [7, 11) is 1.76. The maximum Gasteiger partial charge on any atom is 0.239 e. The van der Waals surface area contributed by atoms with Crippen molar-refractivity contribution in [3.63, 3.8) is 0 Å². The van der Waals surface area contributed by atoms with Crippen LogP contribution in [0, 0.1) is 5.41 Å². The Morgan fingerprint density at radius 2 is 1.68 bits per heavy atom. The second-order valence-electron chi connectivity index (χ2n) is 9.02. The van der Waals surface area contributed by atoms with Crippen LogP contribution in [0.15, 0.2) is 4.99 Å². The molecular formula is C21H41N5O2. The first-order valence-electron chi connectivity index (χ1n) is 10.9. The fourth-order valence-corrected chi connectivity index (χ4v) is 3.98. The van der Waals surface area contributed by atoms with E-state index < -0.39 is 0 Å². The molecule has 0 aliphatic carbocycles. The summed E-state index contributed by atoms with van der Waals surface area (Å²) in [6, 6.07) is -0.0291. The van der Waals surface area contributed by atoms with Crippen molar-refractivity contribution in [2.24, 2.45) is 10.4 Å². The van der Waals surface area contributed by atoms with Crippen molar-refractivity contribution in [3.8, 4) is 0 Å². The van der Waals surface area contributed by atoms with Crippen molar-refractivity contribution in [2.75, 3.05) is 59.5 Å². The highest BCUT2D eigenvalue weighted by molar-refractivity contribution is 5.82. The summed E-state index contributed by atoms with van der Waals surface area (Å²) in [5, 5.41) is 3.42. The number of ether oxygens (including phenoxy) is 1. The Kier molecular flexibility index (Phi) is 8.56. The quantitative estimate of drug-likeness (QED) is 0.547. The largest absolute Gasteiger partial charge is 0.379 e. The highest BCUT2D eigenvalue weighted by Crippen LogP contribution is 2.22. The number of rotatable bonds is 6. The molecule has 2 atom stereocenters. The number of guanidine groups is 1. The van der Waals surface area contributed by atoms with E-state index in [0.29, 0.717) is 12.5 Å². The first-order valence-corrected chi connectivity index (χ1v) is 10.9. The summed E-state index contributed by atoms with van der Waals surface area (Å²) in [5.41, 5.74) is 0.0552. The van der Waals surface area contributed by atoms with Crippen molar-refractivity contribution in [1.29, 1.82) is 0 Å². The molecule has 0 spiro atoms. The SMILES string of the molecule is CCNC(=NCC(OC)C(C)(C)C)N1CCN(C(C)C(=O)N2CCCC2)CC1. The lowest BCUT2D eigenvalue weighted by molar-refractivity contribution is -0.135. The Balaban J connectivity index is 1.92. The number of carbonyl (C=O) groups excluding carboxylic acids is 1. The van der Waals surface area contributed by atoms with Crippen molar-refractivity contribution in [3.05, 3.63) is 0 Å². The standard InChI is InChI=1S/C21H41N5O2/c1-7-22-20(23-16-18(28-6)21(3,4)5)26-14-12-24(13-15-26)17(2)19(27)25-10-8-9-11-25/h17-18H,7-16H2,1-6H3,(H,22,23). The normalized spacial score (nSPS) is 21.7. The van der Waals surface area contributed by atoms with Crippen molar-refractivity contribution in [1.82, 2.24) is 20.0 Å². The molecule has 2 rings (SSSR count). The molecule has 2 unspecified atom stereocenters. The number of nitrogens with zero attached hydrogens (tertiary/aromatic N) is 4. The van der Waals surface area contributed by atoms with Crippen molar-refractivity contribution in [2.45, 2.75) is 59.6 Å². The van der Waals surface area contributed by atoms with Gasteiger partial charge in [0.15, 0.2) is 5.96 Å². The van der Waals surface area contributed by atoms with Crippen LogP contribution in [0.25, 0.3) is 0 Å². The van der Waals surface area contributed by atoms with Gasteiger partial charge < -0.3 is 19.9 Å². The fraction of sp³-hybridized carbons (Fsp3) is 0.905. The molecule has 0 radical (unpaired) electrons. The highest BCUT2D eigenvalue weighted by Gasteiger charge is 2.31. The summed E-state index contributed by atoms with van der Waals surface area (Å²) >= 11 is 0. The van der Waals surface area contributed by atoms with Crippen LogP contribution in [0.4, 0.5) is 0 Å². The molecular weight excluding hydrogens is 354 g/mol. The average molecular weight is 396 g/mol. The molecule has 28 heavy (non-hydrogen) atoms. The van der Waals surface area contributed by atoms with E-state index in [1.165, 1.54) is 0 Å². The zero-order chi connectivity index (χ0) is 20.7. The van der Waals surface area contributed by atoms with E-state index in [4.69, 9.17) is 9.73 Å². The van der Waals surface area contributed by atoms with Gasteiger partial charge in [-0.3, -0.25) is 14.7 Å². The van der Waals surface area contributed by atoms with E-state index in [2.05, 4.69) is 49.7 Å². The lowest BCUT2D eigenvalue weighted by atomic mass is 9.89. The number of likely N-dealkylation sites (tertiary alicyclic amines) is 1. The summed E-state index contributed by atoms with van der Waals surface area (Å²) in [6.45, 7) is 17.6. The van der Waals surface area contributed by atoms with E-state index >= 15 is 0 Å². The first kappa shape index (κ1) is 22.9. The molecule has 162 valence electrons. The van der Waals surface area contributed by atoms with Gasteiger partial charge in [0.1, 0.15) is 0 Å². The Bertz CT molecular complexity index is 517. The van der Waals surface area contributed by atoms with Crippen LogP contribution < -0.4 is 5.32 Å². The molecule has 7 heteroatoms. The number of hydrogen-bond donors (Lipinski definition) is 1. The minimum absolute atomic E-state index is 0.0291. The molecule has 0 aromatic rings. The van der Waals surface area contributed by atoms with Crippen molar-refractivity contribution >= 4 is 11.9 Å². The predicted molar refractivity (Wildman–Crippen MR) is 115 cm³/mol. The van der Waals surface area contributed by atoms with Gasteiger partial charge in [-0.1, -0.05) is 20.8 Å². The van der Waals surface area contributed by atoms with E-state index in [-0.39, 0.29) is 17.6 Å². The van der Waals surface area contributed by atoms with E-state index in [1.807, 2.05) is 4.90 Å². The van der Waals surface area contributed by atoms with Gasteiger partial charge in [0.2, 0.25) is 5.91 Å². The van der Waals surface area contributed by atoms with Gasteiger partial charge in [-0.25, -0.2) is 0 Å². The Labute approximate surface area is 171 Å². The lowest BCUT2D eigenvalue weighted by Crippen LogP contribution is -2.57. The molecule has 2 saturated heterocycles. The first-order chi connectivity index (χ1) is 13.3. The van der Waals surface area contributed by atoms with Crippen LogP contribution in [0.2, 0.25) is 0 Å². The van der Waals surface area contributed by atoms with Gasteiger partial charge in [0.05, 0.1) is 18.7 Å². The Morgan fingerprint density at radius 1 is 1.07 bits per heavy atom. The van der Waals surface area contributed by atoms with Crippen LogP contribution in [0.5, 0.6) is 0 Å². The van der Waals surface area contributed by atoms with Crippen LogP contribution in [0.1, 0.15) is 47.5 Å². The maximum atomic E-state index is 12.7. The lowest BCUT2D eigenvalue weighted by Gasteiger charge is -2.39. The number of aliphatic imine (C=N–C) groups is 1. The number of hydrogen-bond acceptors (Lipinski definition) is 4. The van der Waals surface area contributed by atoms with Gasteiger partial charge in [0, 0.05) is 52.9 Å². The van der Waals surface area contributed by atoms with Gasteiger partial charge in [-0.2, -0.15) is 0 Å². The molecule has 0 aromatic heterocycles. The minimum Gasteiger partial charge on any atom is -0.379 e. The van der Waals surface area contributed by atoms with Gasteiger partial charge >= 0.3 is 0 Å². The van der Waals surface area contributed by atoms with Crippen LogP contribution in [-0.4, -0.2) is 98.2 Å². The predicted octanol–water partition coefficient (Wildman–Crippen LogP) is 1.64. The number of amides is 1. The molecule has 0 aromatic carbocycles. The van der Waals surface area contributed by atoms with E-state index in [0.717, 1.165) is 64.6 Å². The minimum atomic E-state index is -0.0291. The number of piperazine rings is 1. The third-order valence-electron chi connectivity index (χ3n) is 5.93. The second kappa shape index (κ2) is 10.4. The molecule has 1 N–H and O–H groups in total. The Hall–Kier alpha value is -1.34. The highest BCUT2D eigenvalue weighted by atomic mass is 16.5. The number of carbonyl (C=O) groups is 1. The van der Waals surface area contributed by atoms with E-state index in [9.17, 15) is 4.79 Å². The molecule has 0 bridgehead atoms. The van der Waals surface area contributed by atoms with Crippen LogP contribution in [0.3, 0.4) is 0 Å². The monoisotopic (exact) mass is 395 g/mol. The van der Waals surface area contributed by atoms with Crippen molar-refractivity contribution < 1.29 is 9.53 Å². The fourth-order valence-electron chi connectivity index (χ4n) is 3.98. The third-order valence-corrected chi connectivity index (χ3v) is 5.93. The maximum absolute atomic E-state index is 12.7. The van der Waals surface area contributed by atoms with Crippen LogP contribution in [-0.2, 0) is 9.53 Å². The summed E-state index contributed by atoms with van der Waals surface area (Å²) < 4.78 is 5.65. The number of methoxy groups -OCH3 is 1. The van der Waals surface area contributed by atoms with Crippen LogP contribution >= 0.6 is 0 Å². The summed E-state index contributed by atoms with van der Waals surface area (Å²) in [6.07, 6.45) is 2.37. The molecule has 2 fully saturated rings. The Morgan fingerprint density at radius 3 is 2.18 bits per heavy atom. The second-order valence-corrected chi connectivity index (χ2v) is 9.02. The number of nitrogens with one attached hydrogen (secondary N) is 1. The zero-order valence-corrected chi connectivity index (χ0v) is 18.8. The topological polar surface area (TPSA) is 60.4 Å². The molecule has 2 heterocycles. The third kappa shape index (κ3) is 6.08. The van der Waals surface area contributed by atoms with Gasteiger partial charge in [-0.05, 0) is 32.1 Å². The summed E-state index contributed by atoms with van der Waals surface area (Å²) in [4.78, 5) is 24.2. The molecule has 2 aliphatic rings. The average Bonchev–Trinajstić information content (AvgIpc) is 3.20. The summed E-state index contributed by atoms with van der Waals surface area (Å²) in [5.74, 6) is 1.24.